The van der Waals surface area contributed by atoms with E-state index in [9.17, 15) is 9.59 Å². The highest BCUT2D eigenvalue weighted by Crippen LogP contribution is 2.14. The number of carbonyl (C=O) groups excluding carboxylic acids is 2. The zero-order valence-corrected chi connectivity index (χ0v) is 15.8. The average molecular weight is 334 g/mol. The number of hydrogen-bond acceptors (Lipinski definition) is 3. The molecule has 1 heterocycles. The van der Waals surface area contributed by atoms with Gasteiger partial charge in [-0.2, -0.15) is 0 Å². The molecule has 0 aliphatic carbocycles. The molecule has 5 nitrogen and oxygen atoms in total. The molecule has 0 saturated carbocycles. The molecule has 1 aliphatic rings. The molecule has 1 aromatic rings. The van der Waals surface area contributed by atoms with E-state index in [0.29, 0.717) is 31.7 Å². The number of nitrogens with zero attached hydrogens (tertiary/aromatic N) is 2. The monoisotopic (exact) mass is 334 g/mol. The first-order valence-electron chi connectivity index (χ1n) is 8.60. The van der Waals surface area contributed by atoms with Gasteiger partial charge in [-0.25, -0.2) is 4.79 Å². The van der Waals surface area contributed by atoms with E-state index in [1.165, 1.54) is 0 Å². The van der Waals surface area contributed by atoms with Crippen molar-refractivity contribution in [3.8, 4) is 0 Å². The van der Waals surface area contributed by atoms with Crippen molar-refractivity contribution in [1.82, 2.24) is 9.80 Å². The van der Waals surface area contributed by atoms with Crippen LogP contribution in [0.3, 0.4) is 0 Å². The van der Waals surface area contributed by atoms with Crippen molar-refractivity contribution in [3.05, 3.63) is 35.4 Å². The number of amides is 2. The van der Waals surface area contributed by atoms with Gasteiger partial charge in [-0.05, 0) is 39.8 Å². The minimum atomic E-state index is -0.494. The van der Waals surface area contributed by atoms with Gasteiger partial charge in [0.1, 0.15) is 5.60 Å². The van der Waals surface area contributed by atoms with Crippen molar-refractivity contribution >= 4 is 12.0 Å². The number of hydrogen-bond donors (Lipinski definition) is 0. The summed E-state index contributed by atoms with van der Waals surface area (Å²) in [6, 6.07) is 7.56. The normalized spacial score (nSPS) is 14.6. The predicted molar refractivity (Wildman–Crippen MR) is 96.2 cm³/mol. The zero-order chi connectivity index (χ0) is 18.3. The van der Waals surface area contributed by atoms with Crippen molar-refractivity contribution < 1.29 is 14.3 Å². The van der Waals surface area contributed by atoms with Gasteiger partial charge in [0.2, 0.25) is 0 Å². The lowest BCUT2D eigenvalue weighted by molar-refractivity contribution is 0.0141. The van der Waals surface area contributed by atoms with Gasteiger partial charge >= 0.3 is 6.09 Å². The smallest absolute Gasteiger partial charge is 0.410 e. The molecule has 5 heteroatoms. The summed E-state index contributed by atoms with van der Waals surface area (Å²) in [6.45, 7) is 13.6. The van der Waals surface area contributed by atoms with E-state index < -0.39 is 5.60 Å². The Morgan fingerprint density at radius 3 is 1.83 bits per heavy atom. The van der Waals surface area contributed by atoms with E-state index in [-0.39, 0.29) is 12.0 Å². The van der Waals surface area contributed by atoms with E-state index in [2.05, 4.69) is 0 Å². The molecular weight excluding hydrogens is 304 g/mol. The summed E-state index contributed by atoms with van der Waals surface area (Å²) in [4.78, 5) is 27.8. The van der Waals surface area contributed by atoms with E-state index in [0.717, 1.165) is 5.56 Å². The molecule has 1 fully saturated rings. The van der Waals surface area contributed by atoms with Crippen LogP contribution in [0.25, 0.3) is 0 Å². The first-order valence-corrected chi connectivity index (χ1v) is 8.60. The Balaban J connectivity index is 0.00000139. The van der Waals surface area contributed by atoms with Crippen LogP contribution in [0, 0.1) is 6.92 Å². The number of rotatable bonds is 1. The topological polar surface area (TPSA) is 49.9 Å². The fraction of sp³-hybridized carbons (Fsp3) is 0.579. The third-order valence-corrected chi connectivity index (χ3v) is 3.52. The van der Waals surface area contributed by atoms with Crippen LogP contribution in [0.5, 0.6) is 0 Å². The van der Waals surface area contributed by atoms with E-state index in [4.69, 9.17) is 4.74 Å². The molecular formula is C19H30N2O3. The summed E-state index contributed by atoms with van der Waals surface area (Å²) in [6.07, 6.45) is -0.310. The summed E-state index contributed by atoms with van der Waals surface area (Å²) in [5.41, 5.74) is 1.33. The number of aryl methyl sites for hydroxylation is 1. The van der Waals surface area contributed by atoms with E-state index >= 15 is 0 Å². The maximum absolute atomic E-state index is 12.4. The molecule has 1 aromatic carbocycles. The lowest BCUT2D eigenvalue weighted by atomic mass is 10.1. The summed E-state index contributed by atoms with van der Waals surface area (Å²) in [7, 11) is 0. The Morgan fingerprint density at radius 1 is 0.917 bits per heavy atom. The minimum absolute atomic E-state index is 0.0174. The average Bonchev–Trinajstić information content (AvgIpc) is 2.55. The second-order valence-electron chi connectivity index (χ2n) is 6.63. The first kappa shape index (κ1) is 20.0. The highest BCUT2D eigenvalue weighted by Gasteiger charge is 2.27. The molecule has 0 radical (unpaired) electrons. The molecule has 134 valence electrons. The van der Waals surface area contributed by atoms with Gasteiger partial charge in [0, 0.05) is 31.7 Å². The Bertz CT molecular complexity index is 539. The largest absolute Gasteiger partial charge is 0.444 e. The van der Waals surface area contributed by atoms with Crippen molar-refractivity contribution in [3.63, 3.8) is 0 Å². The Hall–Kier alpha value is -2.04. The summed E-state index contributed by atoms with van der Waals surface area (Å²) >= 11 is 0. The maximum Gasteiger partial charge on any atom is 0.410 e. The molecule has 0 aromatic heterocycles. The molecule has 2 amide bonds. The van der Waals surface area contributed by atoms with Gasteiger partial charge in [-0.1, -0.05) is 31.5 Å². The second kappa shape index (κ2) is 8.71. The molecule has 1 saturated heterocycles. The van der Waals surface area contributed by atoms with Gasteiger partial charge in [0.15, 0.2) is 0 Å². The van der Waals surface area contributed by atoms with Crippen LogP contribution in [0.2, 0.25) is 0 Å². The lowest BCUT2D eigenvalue weighted by Gasteiger charge is -2.35. The molecule has 0 unspecified atom stereocenters. The molecule has 0 atom stereocenters. The van der Waals surface area contributed by atoms with E-state index in [1.54, 1.807) is 9.80 Å². The molecule has 0 spiro atoms. The van der Waals surface area contributed by atoms with Crippen LogP contribution < -0.4 is 0 Å². The van der Waals surface area contributed by atoms with Crippen LogP contribution in [-0.4, -0.2) is 53.6 Å². The lowest BCUT2D eigenvalue weighted by Crippen LogP contribution is -2.51. The molecule has 2 rings (SSSR count). The van der Waals surface area contributed by atoms with Gasteiger partial charge in [0.05, 0.1) is 0 Å². The first-order chi connectivity index (χ1) is 11.3. The summed E-state index contributed by atoms with van der Waals surface area (Å²) in [5.74, 6) is 0.0174. The van der Waals surface area contributed by atoms with Crippen LogP contribution in [0.1, 0.15) is 50.5 Å². The summed E-state index contributed by atoms with van der Waals surface area (Å²) < 4.78 is 5.35. The Kier molecular flexibility index (Phi) is 7.26. The van der Waals surface area contributed by atoms with Gasteiger partial charge in [-0.3, -0.25) is 4.79 Å². The van der Waals surface area contributed by atoms with Crippen molar-refractivity contribution in [2.75, 3.05) is 26.2 Å². The number of benzene rings is 1. The van der Waals surface area contributed by atoms with Crippen LogP contribution in [0.15, 0.2) is 24.3 Å². The fourth-order valence-electron chi connectivity index (χ4n) is 2.30. The van der Waals surface area contributed by atoms with E-state index in [1.807, 2.05) is 65.8 Å². The van der Waals surface area contributed by atoms with Gasteiger partial charge in [0.25, 0.3) is 5.91 Å². The molecule has 0 N–H and O–H groups in total. The maximum atomic E-state index is 12.4. The highest BCUT2D eigenvalue weighted by atomic mass is 16.6. The summed E-state index contributed by atoms with van der Waals surface area (Å²) in [5, 5.41) is 0. The van der Waals surface area contributed by atoms with Crippen LogP contribution >= 0.6 is 0 Å². The van der Waals surface area contributed by atoms with Crippen molar-refractivity contribution in [1.29, 1.82) is 0 Å². The van der Waals surface area contributed by atoms with Gasteiger partial charge in [-0.15, -0.1) is 0 Å². The third kappa shape index (κ3) is 5.87. The molecule has 1 aliphatic heterocycles. The number of ether oxygens (including phenoxy) is 1. The van der Waals surface area contributed by atoms with Crippen molar-refractivity contribution in [2.24, 2.45) is 0 Å². The Morgan fingerprint density at radius 2 is 1.38 bits per heavy atom. The SMILES string of the molecule is CC.Cc1ccc(C(=O)N2CCN(C(=O)OC(C)(C)C)CC2)cc1. The van der Waals surface area contributed by atoms with Gasteiger partial charge < -0.3 is 14.5 Å². The standard InChI is InChI=1S/C17H24N2O3.C2H6/c1-13-5-7-14(8-6-13)15(20)18-9-11-19(12-10-18)16(21)22-17(2,3)4;1-2/h5-8H,9-12H2,1-4H3;1-2H3. The zero-order valence-electron chi connectivity index (χ0n) is 15.8. The van der Waals surface area contributed by atoms with Crippen LogP contribution in [-0.2, 0) is 4.74 Å². The predicted octanol–water partition coefficient (Wildman–Crippen LogP) is 3.71. The number of piperazine rings is 1. The molecule has 24 heavy (non-hydrogen) atoms. The minimum Gasteiger partial charge on any atom is -0.444 e. The van der Waals surface area contributed by atoms with Crippen molar-refractivity contribution in [2.45, 2.75) is 47.1 Å². The van der Waals surface area contributed by atoms with Crippen LogP contribution in [0.4, 0.5) is 4.79 Å². The molecule has 0 bridgehead atoms. The number of carbonyl (C=O) groups is 2. The highest BCUT2D eigenvalue weighted by molar-refractivity contribution is 5.94. The third-order valence-electron chi connectivity index (χ3n) is 3.52. The second-order valence-corrected chi connectivity index (χ2v) is 6.63. The quantitative estimate of drug-likeness (QED) is 0.786. The fourth-order valence-corrected chi connectivity index (χ4v) is 2.30. The Labute approximate surface area is 145 Å².